The lowest BCUT2D eigenvalue weighted by Crippen LogP contribution is -2.37. The van der Waals surface area contributed by atoms with Crippen molar-refractivity contribution in [2.75, 3.05) is 13.1 Å². The van der Waals surface area contributed by atoms with Crippen LogP contribution < -0.4 is 5.73 Å². The molecule has 0 saturated carbocycles. The normalized spacial score (nSPS) is 10.0. The number of unbranched alkanes of at least 4 members (excludes halogenated alkanes) is 3. The number of rotatable bonds is 8. The summed E-state index contributed by atoms with van der Waals surface area (Å²) in [5, 5.41) is 0. The van der Waals surface area contributed by atoms with E-state index in [9.17, 15) is 4.79 Å². The van der Waals surface area contributed by atoms with Crippen LogP contribution in [0.25, 0.3) is 0 Å². The lowest BCUT2D eigenvalue weighted by Gasteiger charge is -2.19. The van der Waals surface area contributed by atoms with Crippen LogP contribution in [0.1, 0.15) is 46.0 Å². The molecule has 2 N–H and O–H groups in total. The molecule has 0 fully saturated rings. The molecule has 3 nitrogen and oxygen atoms in total. The van der Waals surface area contributed by atoms with Crippen molar-refractivity contribution in [3.63, 3.8) is 0 Å². The SMILES string of the molecule is CCCCCCC(=O)N(CC)CC(N)=S. The average molecular weight is 230 g/mol. The summed E-state index contributed by atoms with van der Waals surface area (Å²) < 4.78 is 0. The minimum atomic E-state index is 0.168. The van der Waals surface area contributed by atoms with Crippen molar-refractivity contribution in [2.45, 2.75) is 46.0 Å². The molecule has 0 aromatic rings. The van der Waals surface area contributed by atoms with Gasteiger partial charge in [0.1, 0.15) is 0 Å². The van der Waals surface area contributed by atoms with E-state index in [0.29, 0.717) is 24.5 Å². The number of carbonyl (C=O) groups is 1. The summed E-state index contributed by atoms with van der Waals surface area (Å²) in [4.78, 5) is 13.8. The molecule has 0 aliphatic heterocycles. The topological polar surface area (TPSA) is 46.3 Å². The van der Waals surface area contributed by atoms with Crippen molar-refractivity contribution in [1.82, 2.24) is 4.90 Å². The molecule has 0 heterocycles. The van der Waals surface area contributed by atoms with Gasteiger partial charge < -0.3 is 10.6 Å². The van der Waals surface area contributed by atoms with Crippen LogP contribution in [0, 0.1) is 0 Å². The minimum absolute atomic E-state index is 0.168. The molecule has 15 heavy (non-hydrogen) atoms. The highest BCUT2D eigenvalue weighted by Crippen LogP contribution is 2.05. The maximum absolute atomic E-state index is 11.7. The summed E-state index contributed by atoms with van der Waals surface area (Å²) in [7, 11) is 0. The van der Waals surface area contributed by atoms with Gasteiger partial charge in [-0.05, 0) is 13.3 Å². The Kier molecular flexibility index (Phi) is 8.28. The van der Waals surface area contributed by atoms with E-state index in [-0.39, 0.29) is 5.91 Å². The second-order valence-corrected chi connectivity index (χ2v) is 4.21. The van der Waals surface area contributed by atoms with Crippen LogP contribution in [0.5, 0.6) is 0 Å². The third-order valence-electron chi connectivity index (χ3n) is 2.33. The van der Waals surface area contributed by atoms with Gasteiger partial charge in [0.25, 0.3) is 0 Å². The van der Waals surface area contributed by atoms with Crippen LogP contribution in [0.2, 0.25) is 0 Å². The maximum Gasteiger partial charge on any atom is 0.222 e. The van der Waals surface area contributed by atoms with Gasteiger partial charge in [-0.25, -0.2) is 0 Å². The summed E-state index contributed by atoms with van der Waals surface area (Å²) >= 11 is 4.80. The van der Waals surface area contributed by atoms with Crippen LogP contribution in [0.3, 0.4) is 0 Å². The van der Waals surface area contributed by atoms with Crippen molar-refractivity contribution in [2.24, 2.45) is 5.73 Å². The Hall–Kier alpha value is -0.640. The van der Waals surface area contributed by atoms with Gasteiger partial charge in [0.2, 0.25) is 5.91 Å². The van der Waals surface area contributed by atoms with E-state index in [4.69, 9.17) is 18.0 Å². The van der Waals surface area contributed by atoms with Crippen molar-refractivity contribution in [1.29, 1.82) is 0 Å². The largest absolute Gasteiger partial charge is 0.392 e. The maximum atomic E-state index is 11.7. The van der Waals surface area contributed by atoms with Crippen LogP contribution >= 0.6 is 12.2 Å². The molecule has 0 aromatic carbocycles. The summed E-state index contributed by atoms with van der Waals surface area (Å²) in [6, 6.07) is 0. The molecule has 88 valence electrons. The molecule has 0 spiro atoms. The van der Waals surface area contributed by atoms with Gasteiger partial charge in [-0.2, -0.15) is 0 Å². The molecule has 0 aliphatic carbocycles. The lowest BCUT2D eigenvalue weighted by molar-refractivity contribution is -0.130. The third kappa shape index (κ3) is 7.31. The van der Waals surface area contributed by atoms with E-state index in [0.717, 1.165) is 12.8 Å². The molecule has 0 bridgehead atoms. The van der Waals surface area contributed by atoms with Gasteiger partial charge in [-0.1, -0.05) is 38.4 Å². The zero-order chi connectivity index (χ0) is 11.7. The highest BCUT2D eigenvalue weighted by Gasteiger charge is 2.11. The number of amides is 1. The van der Waals surface area contributed by atoms with Gasteiger partial charge in [0.15, 0.2) is 0 Å². The predicted octanol–water partition coefficient (Wildman–Crippen LogP) is 2.09. The summed E-state index contributed by atoms with van der Waals surface area (Å²) in [6.45, 7) is 5.21. The second-order valence-electron chi connectivity index (χ2n) is 3.68. The lowest BCUT2D eigenvalue weighted by atomic mass is 10.1. The van der Waals surface area contributed by atoms with Crippen LogP contribution in [-0.2, 0) is 4.79 Å². The monoisotopic (exact) mass is 230 g/mol. The predicted molar refractivity (Wildman–Crippen MR) is 67.8 cm³/mol. The van der Waals surface area contributed by atoms with Crippen molar-refractivity contribution < 1.29 is 4.79 Å². The van der Waals surface area contributed by atoms with Crippen LogP contribution in [0.15, 0.2) is 0 Å². The fraction of sp³-hybridized carbons (Fsp3) is 0.818. The Morgan fingerprint density at radius 1 is 1.27 bits per heavy atom. The van der Waals surface area contributed by atoms with E-state index in [1.54, 1.807) is 4.90 Å². The molecule has 1 amide bonds. The molecule has 0 atom stereocenters. The summed E-state index contributed by atoms with van der Waals surface area (Å²) in [5.41, 5.74) is 5.42. The van der Waals surface area contributed by atoms with Crippen LogP contribution in [-0.4, -0.2) is 28.9 Å². The van der Waals surface area contributed by atoms with Gasteiger partial charge in [-0.3, -0.25) is 4.79 Å². The Morgan fingerprint density at radius 2 is 1.93 bits per heavy atom. The first-order valence-electron chi connectivity index (χ1n) is 5.67. The highest BCUT2D eigenvalue weighted by atomic mass is 32.1. The molecule has 0 saturated heterocycles. The number of hydrogen-bond acceptors (Lipinski definition) is 2. The van der Waals surface area contributed by atoms with Crippen molar-refractivity contribution in [3.8, 4) is 0 Å². The van der Waals surface area contributed by atoms with Gasteiger partial charge in [-0.15, -0.1) is 0 Å². The number of carbonyl (C=O) groups excluding carboxylic acids is 1. The Balaban J connectivity index is 3.78. The zero-order valence-electron chi connectivity index (χ0n) is 9.79. The Bertz CT molecular complexity index is 207. The van der Waals surface area contributed by atoms with Gasteiger partial charge in [0.05, 0.1) is 11.5 Å². The number of thiocarbonyl (C=S) groups is 1. The van der Waals surface area contributed by atoms with E-state index >= 15 is 0 Å². The first kappa shape index (κ1) is 14.4. The van der Waals surface area contributed by atoms with E-state index in [1.807, 2.05) is 6.92 Å². The first-order valence-corrected chi connectivity index (χ1v) is 6.08. The minimum Gasteiger partial charge on any atom is -0.392 e. The number of nitrogens with zero attached hydrogens (tertiary/aromatic N) is 1. The van der Waals surface area contributed by atoms with E-state index < -0.39 is 0 Å². The molecule has 0 unspecified atom stereocenters. The van der Waals surface area contributed by atoms with Gasteiger partial charge in [0, 0.05) is 13.0 Å². The number of hydrogen-bond donors (Lipinski definition) is 1. The van der Waals surface area contributed by atoms with Gasteiger partial charge >= 0.3 is 0 Å². The highest BCUT2D eigenvalue weighted by molar-refractivity contribution is 7.80. The zero-order valence-corrected chi connectivity index (χ0v) is 10.6. The van der Waals surface area contributed by atoms with Crippen molar-refractivity contribution in [3.05, 3.63) is 0 Å². The third-order valence-corrected chi connectivity index (χ3v) is 2.45. The summed E-state index contributed by atoms with van der Waals surface area (Å²) in [5.74, 6) is 0.168. The molecule has 4 heteroatoms. The van der Waals surface area contributed by atoms with E-state index in [1.165, 1.54) is 12.8 Å². The fourth-order valence-corrected chi connectivity index (χ4v) is 1.58. The second kappa shape index (κ2) is 8.65. The first-order chi connectivity index (χ1) is 7.11. The molecule has 0 radical (unpaired) electrons. The number of likely N-dealkylation sites (N-methyl/N-ethyl adjacent to an activating group) is 1. The molecule has 0 aliphatic rings. The molecular formula is C11H22N2OS. The smallest absolute Gasteiger partial charge is 0.222 e. The van der Waals surface area contributed by atoms with E-state index in [2.05, 4.69) is 6.92 Å². The summed E-state index contributed by atoms with van der Waals surface area (Å²) in [6.07, 6.45) is 5.12. The molecule has 0 aromatic heterocycles. The number of nitrogens with two attached hydrogens (primary N) is 1. The Morgan fingerprint density at radius 3 is 2.40 bits per heavy atom. The standard InChI is InChI=1S/C11H22N2OS/c1-3-5-6-7-8-11(14)13(4-2)9-10(12)15/h3-9H2,1-2H3,(H2,12,15). The Labute approximate surface area is 98.0 Å². The van der Waals surface area contributed by atoms with Crippen molar-refractivity contribution >= 4 is 23.1 Å². The average Bonchev–Trinajstić information content (AvgIpc) is 2.20. The molecule has 0 rings (SSSR count). The molecular weight excluding hydrogens is 208 g/mol. The fourth-order valence-electron chi connectivity index (χ4n) is 1.43. The van der Waals surface area contributed by atoms with Crippen LogP contribution in [0.4, 0.5) is 0 Å². The quantitative estimate of drug-likeness (QED) is 0.513.